The van der Waals surface area contributed by atoms with Crippen LogP contribution in [0.2, 0.25) is 0 Å². The van der Waals surface area contributed by atoms with E-state index in [2.05, 4.69) is 15.2 Å². The quantitative estimate of drug-likeness (QED) is 0.579. The lowest BCUT2D eigenvalue weighted by molar-refractivity contribution is 0.208. The minimum atomic E-state index is -0.454. The number of aromatic nitrogens is 4. The maximum atomic E-state index is 6.14. The van der Waals surface area contributed by atoms with Crippen LogP contribution in [0, 0.1) is 0 Å². The fraction of sp³-hybridized carbons (Fsp3) is 0.118. The number of hydrogen-bond acceptors (Lipinski definition) is 5. The Balaban J connectivity index is 1.73. The molecule has 0 saturated heterocycles. The summed E-state index contributed by atoms with van der Waals surface area (Å²) in [4.78, 5) is 4.31. The minimum Gasteiger partial charge on any atom is -0.476 e. The van der Waals surface area contributed by atoms with Crippen molar-refractivity contribution >= 4 is 11.0 Å². The first-order valence-corrected chi connectivity index (χ1v) is 7.20. The van der Waals surface area contributed by atoms with Crippen molar-refractivity contribution in [3.8, 4) is 5.75 Å². The van der Waals surface area contributed by atoms with E-state index in [0.717, 1.165) is 16.6 Å². The predicted molar refractivity (Wildman–Crippen MR) is 83.9 cm³/mol. The highest BCUT2D eigenvalue weighted by Gasteiger charge is 2.21. The Morgan fingerprint density at radius 2 is 2.00 bits per heavy atom. The third-order valence-electron chi connectivity index (χ3n) is 3.65. The first-order chi connectivity index (χ1) is 11.3. The van der Waals surface area contributed by atoms with Crippen molar-refractivity contribution in [3.63, 3.8) is 0 Å². The molecule has 2 aromatic carbocycles. The lowest BCUT2D eigenvalue weighted by Gasteiger charge is -2.16. The van der Waals surface area contributed by atoms with Crippen molar-refractivity contribution < 1.29 is 9.15 Å². The molecule has 1 unspecified atom stereocenters. The molecule has 2 heterocycles. The van der Waals surface area contributed by atoms with Crippen molar-refractivity contribution in [2.24, 2.45) is 7.05 Å². The van der Waals surface area contributed by atoms with Crippen LogP contribution in [0.25, 0.3) is 11.0 Å². The van der Waals surface area contributed by atoms with E-state index >= 15 is 0 Å². The molecule has 2 aromatic heterocycles. The minimum absolute atomic E-state index is 0.418. The average Bonchev–Trinajstić information content (AvgIpc) is 3.24. The number of rotatable bonds is 4. The molecule has 6 heteroatoms. The zero-order valence-corrected chi connectivity index (χ0v) is 12.5. The van der Waals surface area contributed by atoms with Gasteiger partial charge in [0.25, 0.3) is 5.89 Å². The van der Waals surface area contributed by atoms with E-state index in [9.17, 15) is 0 Å². The standard InChI is InChI=1S/C17H14N4O2/c1-21-10-18-14-8-7-13(9-15(14)21)23-16(17-20-19-11-22-17)12-5-3-2-4-6-12/h2-11,16H,1H3. The number of benzene rings is 2. The first-order valence-electron chi connectivity index (χ1n) is 7.20. The second kappa shape index (κ2) is 5.57. The molecule has 0 spiro atoms. The molecule has 0 aliphatic heterocycles. The second-order valence-electron chi connectivity index (χ2n) is 5.19. The summed E-state index contributed by atoms with van der Waals surface area (Å²) in [6.45, 7) is 0. The average molecular weight is 306 g/mol. The van der Waals surface area contributed by atoms with E-state index in [-0.39, 0.29) is 0 Å². The van der Waals surface area contributed by atoms with Gasteiger partial charge in [0, 0.05) is 18.7 Å². The Morgan fingerprint density at radius 1 is 1.13 bits per heavy atom. The van der Waals surface area contributed by atoms with Gasteiger partial charge in [0.05, 0.1) is 17.4 Å². The molecule has 0 radical (unpaired) electrons. The van der Waals surface area contributed by atoms with Gasteiger partial charge in [-0.1, -0.05) is 30.3 Å². The fourth-order valence-corrected chi connectivity index (χ4v) is 2.50. The smallest absolute Gasteiger partial charge is 0.261 e. The molecule has 0 amide bonds. The van der Waals surface area contributed by atoms with E-state index < -0.39 is 6.10 Å². The van der Waals surface area contributed by atoms with Gasteiger partial charge in [-0.15, -0.1) is 10.2 Å². The lowest BCUT2D eigenvalue weighted by Crippen LogP contribution is -2.10. The van der Waals surface area contributed by atoms with Gasteiger partial charge in [0.15, 0.2) is 0 Å². The van der Waals surface area contributed by atoms with Crippen LogP contribution in [0.5, 0.6) is 5.75 Å². The summed E-state index contributed by atoms with van der Waals surface area (Å²) in [7, 11) is 1.95. The number of nitrogens with zero attached hydrogens (tertiary/aromatic N) is 4. The molecule has 23 heavy (non-hydrogen) atoms. The topological polar surface area (TPSA) is 66.0 Å². The van der Waals surface area contributed by atoms with Crippen LogP contribution >= 0.6 is 0 Å². The summed E-state index contributed by atoms with van der Waals surface area (Å²) in [6.07, 6.45) is 2.63. The number of imidazole rings is 1. The predicted octanol–water partition coefficient (Wildman–Crippen LogP) is 3.12. The summed E-state index contributed by atoms with van der Waals surface area (Å²) >= 11 is 0. The number of ether oxygens (including phenoxy) is 1. The Hall–Kier alpha value is -3.15. The molecule has 0 fully saturated rings. The Kier molecular flexibility index (Phi) is 3.27. The lowest BCUT2D eigenvalue weighted by atomic mass is 10.1. The monoisotopic (exact) mass is 306 g/mol. The Labute approximate surface area is 132 Å². The van der Waals surface area contributed by atoms with E-state index in [1.54, 1.807) is 6.33 Å². The SMILES string of the molecule is Cn1cnc2ccc(OC(c3ccccc3)c3nnco3)cc21. The highest BCUT2D eigenvalue weighted by atomic mass is 16.5. The molecule has 114 valence electrons. The second-order valence-corrected chi connectivity index (χ2v) is 5.19. The number of hydrogen-bond donors (Lipinski definition) is 0. The third-order valence-corrected chi connectivity index (χ3v) is 3.65. The highest BCUT2D eigenvalue weighted by molar-refractivity contribution is 5.76. The van der Waals surface area contributed by atoms with Crippen molar-refractivity contribution in [3.05, 3.63) is 72.7 Å². The van der Waals surface area contributed by atoms with E-state index in [4.69, 9.17) is 9.15 Å². The van der Waals surface area contributed by atoms with Gasteiger partial charge in [-0.2, -0.15) is 0 Å². The molecule has 0 saturated carbocycles. The van der Waals surface area contributed by atoms with E-state index in [0.29, 0.717) is 11.6 Å². The van der Waals surface area contributed by atoms with Gasteiger partial charge < -0.3 is 13.7 Å². The zero-order chi connectivity index (χ0) is 15.6. The summed E-state index contributed by atoms with van der Waals surface area (Å²) in [6, 6.07) is 15.6. The van der Waals surface area contributed by atoms with Crippen molar-refractivity contribution in [1.82, 2.24) is 19.7 Å². The van der Waals surface area contributed by atoms with Crippen LogP contribution in [0.15, 0.2) is 65.7 Å². The van der Waals surface area contributed by atoms with E-state index in [1.807, 2.05) is 60.1 Å². The van der Waals surface area contributed by atoms with Crippen molar-refractivity contribution in [2.45, 2.75) is 6.10 Å². The number of fused-ring (bicyclic) bond motifs is 1. The van der Waals surface area contributed by atoms with Gasteiger partial charge in [0.2, 0.25) is 12.5 Å². The summed E-state index contributed by atoms with van der Waals surface area (Å²) in [5, 5.41) is 7.75. The molecular weight excluding hydrogens is 292 g/mol. The maximum absolute atomic E-state index is 6.14. The van der Waals surface area contributed by atoms with Gasteiger partial charge in [-0.3, -0.25) is 0 Å². The van der Waals surface area contributed by atoms with Crippen LogP contribution in [0.3, 0.4) is 0 Å². The maximum Gasteiger partial charge on any atom is 0.261 e. The summed E-state index contributed by atoms with van der Waals surface area (Å²) < 4.78 is 13.4. The third kappa shape index (κ3) is 2.55. The molecule has 0 bridgehead atoms. The Morgan fingerprint density at radius 3 is 2.78 bits per heavy atom. The van der Waals surface area contributed by atoms with Gasteiger partial charge in [0.1, 0.15) is 5.75 Å². The van der Waals surface area contributed by atoms with Crippen LogP contribution in [-0.2, 0) is 7.05 Å². The Bertz CT molecular complexity index is 916. The van der Waals surface area contributed by atoms with Crippen LogP contribution < -0.4 is 4.74 Å². The fourth-order valence-electron chi connectivity index (χ4n) is 2.50. The molecule has 1 atom stereocenters. The summed E-state index contributed by atoms with van der Waals surface area (Å²) in [5.41, 5.74) is 2.87. The normalized spacial score (nSPS) is 12.4. The van der Waals surface area contributed by atoms with Crippen LogP contribution in [0.4, 0.5) is 0 Å². The van der Waals surface area contributed by atoms with E-state index in [1.165, 1.54) is 6.39 Å². The molecule has 0 N–H and O–H groups in total. The molecule has 0 aliphatic rings. The van der Waals surface area contributed by atoms with Crippen LogP contribution in [0.1, 0.15) is 17.6 Å². The highest BCUT2D eigenvalue weighted by Crippen LogP contribution is 2.28. The number of aryl methyl sites for hydroxylation is 1. The van der Waals surface area contributed by atoms with Gasteiger partial charge >= 0.3 is 0 Å². The largest absolute Gasteiger partial charge is 0.476 e. The van der Waals surface area contributed by atoms with Crippen molar-refractivity contribution in [2.75, 3.05) is 0 Å². The van der Waals surface area contributed by atoms with Gasteiger partial charge in [-0.05, 0) is 12.1 Å². The van der Waals surface area contributed by atoms with Gasteiger partial charge in [-0.25, -0.2) is 4.98 Å². The molecule has 0 aliphatic carbocycles. The molecule has 4 rings (SSSR count). The molecule has 4 aromatic rings. The summed E-state index contributed by atoms with van der Waals surface area (Å²) in [5.74, 6) is 1.13. The first kappa shape index (κ1) is 13.5. The van der Waals surface area contributed by atoms with Crippen LogP contribution in [-0.4, -0.2) is 19.7 Å². The molecule has 6 nitrogen and oxygen atoms in total. The zero-order valence-electron chi connectivity index (χ0n) is 12.5. The van der Waals surface area contributed by atoms with Crippen molar-refractivity contribution in [1.29, 1.82) is 0 Å². The molecular formula is C17H14N4O2.